The largest absolute Gasteiger partial charge is 0.494 e. The molecule has 1 aliphatic carbocycles. The fourth-order valence-corrected chi connectivity index (χ4v) is 6.42. The van der Waals surface area contributed by atoms with E-state index in [-0.39, 0.29) is 6.04 Å². The Kier molecular flexibility index (Phi) is 7.09. The van der Waals surface area contributed by atoms with E-state index in [0.29, 0.717) is 24.0 Å². The van der Waals surface area contributed by atoms with Gasteiger partial charge in [0.1, 0.15) is 12.1 Å². The van der Waals surface area contributed by atoms with Crippen LogP contribution in [0.2, 0.25) is 0 Å². The van der Waals surface area contributed by atoms with Crippen LogP contribution in [-0.2, 0) is 16.6 Å². The Morgan fingerprint density at radius 3 is 2.52 bits per heavy atom. The smallest absolute Gasteiger partial charge is 0.243 e. The first kappa shape index (κ1) is 23.4. The van der Waals surface area contributed by atoms with Gasteiger partial charge in [0, 0.05) is 12.6 Å². The highest BCUT2D eigenvalue weighted by Gasteiger charge is 2.36. The fraction of sp³-hybridized carbons (Fsp3) is 0.458. The maximum absolute atomic E-state index is 14.0. The number of nitrogens with zero attached hydrogens (tertiary/aromatic N) is 5. The average Bonchev–Trinajstić information content (AvgIpc) is 3.34. The van der Waals surface area contributed by atoms with Gasteiger partial charge in [-0.15, -0.1) is 5.10 Å². The lowest BCUT2D eigenvalue weighted by Crippen LogP contribution is -2.44. The fourth-order valence-electron chi connectivity index (χ4n) is 4.60. The van der Waals surface area contributed by atoms with Gasteiger partial charge >= 0.3 is 0 Å². The predicted octanol–water partition coefficient (Wildman–Crippen LogP) is 4.14. The van der Waals surface area contributed by atoms with E-state index in [1.807, 2.05) is 38.1 Å². The van der Waals surface area contributed by atoms with Gasteiger partial charge in [-0.1, -0.05) is 31.9 Å². The van der Waals surface area contributed by atoms with Gasteiger partial charge in [0.2, 0.25) is 10.0 Å². The first-order valence-electron chi connectivity index (χ1n) is 11.5. The van der Waals surface area contributed by atoms with Crippen molar-refractivity contribution < 1.29 is 13.2 Å². The molecule has 0 spiro atoms. The predicted molar refractivity (Wildman–Crippen MR) is 126 cm³/mol. The van der Waals surface area contributed by atoms with Crippen LogP contribution in [0.5, 0.6) is 5.75 Å². The summed E-state index contributed by atoms with van der Waals surface area (Å²) >= 11 is 0. The molecule has 3 aromatic rings. The summed E-state index contributed by atoms with van der Waals surface area (Å²) in [5.41, 5.74) is 2.49. The highest BCUT2D eigenvalue weighted by Crippen LogP contribution is 2.34. The molecule has 2 atom stereocenters. The zero-order chi connectivity index (χ0) is 23.4. The molecule has 1 saturated carbocycles. The highest BCUT2D eigenvalue weighted by molar-refractivity contribution is 7.89. The van der Waals surface area contributed by atoms with Crippen LogP contribution < -0.4 is 4.74 Å². The van der Waals surface area contributed by atoms with E-state index in [4.69, 9.17) is 4.74 Å². The van der Waals surface area contributed by atoms with Crippen molar-refractivity contribution in [2.45, 2.75) is 63.9 Å². The van der Waals surface area contributed by atoms with Gasteiger partial charge < -0.3 is 4.74 Å². The molecule has 33 heavy (non-hydrogen) atoms. The summed E-state index contributed by atoms with van der Waals surface area (Å²) < 4.78 is 36.7. The second-order valence-corrected chi connectivity index (χ2v) is 10.5. The molecule has 9 heteroatoms. The molecule has 1 aliphatic rings. The lowest BCUT2D eigenvalue weighted by atomic mass is 9.86. The van der Waals surface area contributed by atoms with Crippen molar-refractivity contribution in [1.82, 2.24) is 24.5 Å². The number of ether oxygens (including phenoxy) is 1. The van der Waals surface area contributed by atoms with Crippen LogP contribution in [0.15, 0.2) is 53.7 Å². The first-order chi connectivity index (χ1) is 15.9. The summed E-state index contributed by atoms with van der Waals surface area (Å²) in [6, 6.07) is 12.8. The van der Waals surface area contributed by atoms with Crippen LogP contribution >= 0.6 is 0 Å². The molecule has 0 aliphatic heterocycles. The van der Waals surface area contributed by atoms with E-state index in [0.717, 1.165) is 48.2 Å². The van der Waals surface area contributed by atoms with Crippen LogP contribution in [0.4, 0.5) is 0 Å². The Balaban J connectivity index is 1.68. The molecular formula is C24H31N5O3S. The average molecular weight is 470 g/mol. The molecule has 2 unspecified atom stereocenters. The molecule has 1 heterocycles. The number of aryl methyl sites for hydroxylation is 1. The van der Waals surface area contributed by atoms with Gasteiger partial charge in [0.25, 0.3) is 0 Å². The maximum Gasteiger partial charge on any atom is 0.243 e. The Hall–Kier alpha value is -2.78. The monoisotopic (exact) mass is 469 g/mol. The van der Waals surface area contributed by atoms with Crippen LogP contribution in [0.1, 0.15) is 50.7 Å². The summed E-state index contributed by atoms with van der Waals surface area (Å²) in [6.07, 6.45) is 5.60. The van der Waals surface area contributed by atoms with E-state index in [1.54, 1.807) is 22.5 Å². The number of aromatic nitrogens is 4. The van der Waals surface area contributed by atoms with Crippen molar-refractivity contribution in [3.8, 4) is 11.4 Å². The summed E-state index contributed by atoms with van der Waals surface area (Å²) in [4.78, 5) is 0.292. The Bertz CT molecular complexity index is 1160. The Morgan fingerprint density at radius 1 is 1.12 bits per heavy atom. The van der Waals surface area contributed by atoms with Crippen LogP contribution in [-0.4, -0.2) is 45.6 Å². The number of rotatable bonds is 8. The van der Waals surface area contributed by atoms with E-state index >= 15 is 0 Å². The minimum absolute atomic E-state index is 0.0326. The number of sulfonamides is 1. The van der Waals surface area contributed by atoms with Gasteiger partial charge in [-0.3, -0.25) is 0 Å². The lowest BCUT2D eigenvalue weighted by Gasteiger charge is -2.38. The van der Waals surface area contributed by atoms with E-state index in [1.165, 1.54) is 11.0 Å². The van der Waals surface area contributed by atoms with Crippen molar-refractivity contribution in [2.75, 3.05) is 6.61 Å². The third-order valence-corrected chi connectivity index (χ3v) is 8.25. The minimum Gasteiger partial charge on any atom is -0.494 e. The van der Waals surface area contributed by atoms with Gasteiger partial charge in [-0.05, 0) is 84.5 Å². The Labute approximate surface area is 195 Å². The van der Waals surface area contributed by atoms with Crippen molar-refractivity contribution in [3.05, 3.63) is 59.9 Å². The van der Waals surface area contributed by atoms with Gasteiger partial charge in [0.15, 0.2) is 0 Å². The highest BCUT2D eigenvalue weighted by atomic mass is 32.2. The summed E-state index contributed by atoms with van der Waals surface area (Å²) in [7, 11) is -3.72. The van der Waals surface area contributed by atoms with E-state index in [9.17, 15) is 8.42 Å². The normalized spacial score (nSPS) is 19.0. The number of hydrogen-bond donors (Lipinski definition) is 0. The molecule has 4 rings (SSSR count). The van der Waals surface area contributed by atoms with E-state index < -0.39 is 10.0 Å². The molecule has 1 fully saturated rings. The molecule has 1 aromatic heterocycles. The third-order valence-electron chi connectivity index (χ3n) is 6.38. The number of tetrazole rings is 1. The minimum atomic E-state index is -3.72. The number of benzene rings is 2. The van der Waals surface area contributed by atoms with Crippen molar-refractivity contribution >= 4 is 10.0 Å². The quantitative estimate of drug-likeness (QED) is 0.493. The zero-order valence-electron chi connectivity index (χ0n) is 19.4. The van der Waals surface area contributed by atoms with E-state index in [2.05, 4.69) is 22.4 Å². The summed E-state index contributed by atoms with van der Waals surface area (Å²) in [5, 5.41) is 11.3. The molecule has 0 amide bonds. The molecule has 0 saturated heterocycles. The molecule has 0 N–H and O–H groups in total. The lowest BCUT2D eigenvalue weighted by molar-refractivity contribution is 0.185. The third kappa shape index (κ3) is 5.09. The second-order valence-electron chi connectivity index (χ2n) is 8.66. The molecule has 8 nitrogen and oxygen atoms in total. The van der Waals surface area contributed by atoms with Crippen LogP contribution in [0.3, 0.4) is 0 Å². The van der Waals surface area contributed by atoms with Crippen LogP contribution in [0.25, 0.3) is 5.69 Å². The SMILES string of the molecule is CCOc1ccc(CN(C2CCCCC2C)S(=O)(=O)c2ccc(-n3cnnn3)c(C)c2)cc1. The summed E-state index contributed by atoms with van der Waals surface area (Å²) in [5.74, 6) is 1.09. The van der Waals surface area contributed by atoms with Crippen LogP contribution in [0, 0.1) is 12.8 Å². The number of hydrogen-bond acceptors (Lipinski definition) is 6. The van der Waals surface area contributed by atoms with Gasteiger partial charge in [0.05, 0.1) is 17.2 Å². The first-order valence-corrected chi connectivity index (χ1v) is 12.9. The van der Waals surface area contributed by atoms with Gasteiger partial charge in [-0.25, -0.2) is 13.1 Å². The molecular weight excluding hydrogens is 438 g/mol. The summed E-state index contributed by atoms with van der Waals surface area (Å²) in [6.45, 7) is 6.91. The zero-order valence-corrected chi connectivity index (χ0v) is 20.2. The van der Waals surface area contributed by atoms with Gasteiger partial charge in [-0.2, -0.15) is 4.31 Å². The molecule has 2 aromatic carbocycles. The van der Waals surface area contributed by atoms with Crippen molar-refractivity contribution in [3.63, 3.8) is 0 Å². The standard InChI is InChI=1S/C24H31N5O3S/c1-4-32-21-11-9-20(10-12-21)16-29(24-8-6-5-7-18(24)2)33(30,31)22-13-14-23(19(3)15-22)28-17-25-26-27-28/h9-15,17-18,24H,4-8,16H2,1-3H3. The second kappa shape index (κ2) is 10.0. The molecule has 0 radical (unpaired) electrons. The topological polar surface area (TPSA) is 90.2 Å². The van der Waals surface area contributed by atoms with Crippen molar-refractivity contribution in [2.24, 2.45) is 5.92 Å². The Morgan fingerprint density at radius 2 is 1.88 bits per heavy atom. The maximum atomic E-state index is 14.0. The van der Waals surface area contributed by atoms with Crippen molar-refractivity contribution in [1.29, 1.82) is 0 Å². The molecule has 0 bridgehead atoms. The molecule has 176 valence electrons.